The smallest absolute Gasteiger partial charge is 0.139 e. The number of fused-ring (bicyclic) bond motifs is 1. The summed E-state index contributed by atoms with van der Waals surface area (Å²) in [6.07, 6.45) is 6.69. The van der Waals surface area contributed by atoms with Gasteiger partial charge in [0.25, 0.3) is 0 Å². The normalized spacial score (nSPS) is 18.3. The predicted octanol–water partition coefficient (Wildman–Crippen LogP) is 4.60. The van der Waals surface area contributed by atoms with Gasteiger partial charge in [0.15, 0.2) is 0 Å². The number of carbonyl (C=O) groups excluding carboxylic acids is 1. The van der Waals surface area contributed by atoms with Crippen molar-refractivity contribution in [2.75, 3.05) is 6.61 Å². The molecule has 4 heterocycles. The van der Waals surface area contributed by atoms with Crippen molar-refractivity contribution >= 4 is 11.5 Å². The molecule has 0 aliphatic carbocycles. The molecule has 1 fully saturated rings. The summed E-state index contributed by atoms with van der Waals surface area (Å²) in [4.78, 5) is 26.7. The Morgan fingerprint density at radius 3 is 2.81 bits per heavy atom. The van der Waals surface area contributed by atoms with E-state index >= 15 is 0 Å². The Morgan fingerprint density at radius 1 is 1.16 bits per heavy atom. The van der Waals surface area contributed by atoms with Crippen LogP contribution < -0.4 is 0 Å². The van der Waals surface area contributed by atoms with E-state index < -0.39 is 0 Å². The minimum Gasteiger partial charge on any atom is -0.378 e. The number of aliphatic imine (C=N–C) groups is 1. The molecule has 32 heavy (non-hydrogen) atoms. The molecule has 2 unspecified atom stereocenters. The Hall–Kier alpha value is -3.18. The molecule has 0 amide bonds. The molecule has 2 aliphatic heterocycles. The second-order valence-electron chi connectivity index (χ2n) is 8.67. The van der Waals surface area contributed by atoms with Gasteiger partial charge in [0, 0.05) is 60.3 Å². The second-order valence-corrected chi connectivity index (χ2v) is 8.67. The Kier molecular flexibility index (Phi) is 5.91. The zero-order valence-electron chi connectivity index (χ0n) is 18.3. The van der Waals surface area contributed by atoms with Crippen molar-refractivity contribution in [3.8, 4) is 0 Å². The van der Waals surface area contributed by atoms with Gasteiger partial charge in [-0.25, -0.2) is 0 Å². The maximum absolute atomic E-state index is 13.0. The van der Waals surface area contributed by atoms with Crippen molar-refractivity contribution < 1.29 is 9.53 Å². The summed E-state index contributed by atoms with van der Waals surface area (Å²) >= 11 is 0. The van der Waals surface area contributed by atoms with E-state index in [0.29, 0.717) is 19.4 Å². The molecule has 1 saturated heterocycles. The van der Waals surface area contributed by atoms with Gasteiger partial charge in [0.1, 0.15) is 5.78 Å². The topological polar surface area (TPSA) is 64.4 Å². The highest BCUT2D eigenvalue weighted by Crippen LogP contribution is 2.32. The number of benzene rings is 1. The molecule has 5 nitrogen and oxygen atoms in total. The number of aryl methyl sites for hydroxylation is 1. The highest BCUT2D eigenvalue weighted by Gasteiger charge is 2.29. The first-order chi connectivity index (χ1) is 15.7. The van der Waals surface area contributed by atoms with Crippen LogP contribution in [0.15, 0.2) is 65.9 Å². The first-order valence-electron chi connectivity index (χ1n) is 11.3. The summed E-state index contributed by atoms with van der Waals surface area (Å²) in [5.74, 6) is 0.302. The molecule has 0 radical (unpaired) electrons. The average Bonchev–Trinajstić information content (AvgIpc) is 3.48. The van der Waals surface area contributed by atoms with Crippen LogP contribution in [0.2, 0.25) is 0 Å². The quantitative estimate of drug-likeness (QED) is 0.555. The first-order valence-corrected chi connectivity index (χ1v) is 11.3. The molecule has 2 aromatic heterocycles. The van der Waals surface area contributed by atoms with Gasteiger partial charge in [0.05, 0.1) is 18.4 Å². The fourth-order valence-electron chi connectivity index (χ4n) is 4.78. The molecule has 0 bridgehead atoms. The summed E-state index contributed by atoms with van der Waals surface area (Å²) in [5, 5.41) is 0. The van der Waals surface area contributed by atoms with E-state index in [4.69, 9.17) is 9.73 Å². The third-order valence-corrected chi connectivity index (χ3v) is 6.35. The standard InChI is InChI=1S/C27H27N3O2/c1-18-12-20(9-10-28-18)27-25-17-29-22(13-21(25)16-30-27)14-23(31)15-24(26-8-5-11-32-26)19-6-3-2-4-7-19/h2-4,6-7,9-10,12-13,17,24,26H,5,8,11,14-16H2,1H3. The van der Waals surface area contributed by atoms with Gasteiger partial charge in [0.2, 0.25) is 0 Å². The lowest BCUT2D eigenvalue weighted by Gasteiger charge is -2.23. The van der Waals surface area contributed by atoms with Crippen LogP contribution in [-0.2, 0) is 22.5 Å². The van der Waals surface area contributed by atoms with Gasteiger partial charge in [-0.2, -0.15) is 0 Å². The monoisotopic (exact) mass is 425 g/mol. The fraction of sp³-hybridized carbons (Fsp3) is 0.333. The minimum atomic E-state index is 0.102. The Balaban J connectivity index is 1.30. The lowest BCUT2D eigenvalue weighted by Crippen LogP contribution is -2.22. The van der Waals surface area contributed by atoms with Gasteiger partial charge < -0.3 is 4.74 Å². The summed E-state index contributed by atoms with van der Waals surface area (Å²) in [6, 6.07) is 16.3. The van der Waals surface area contributed by atoms with E-state index in [2.05, 4.69) is 22.1 Å². The molecule has 2 atom stereocenters. The fourth-order valence-corrected chi connectivity index (χ4v) is 4.78. The molecule has 0 spiro atoms. The number of ketones is 1. The number of hydrogen-bond acceptors (Lipinski definition) is 5. The minimum absolute atomic E-state index is 0.102. The van der Waals surface area contributed by atoms with Crippen molar-refractivity contribution in [3.05, 3.63) is 94.6 Å². The van der Waals surface area contributed by atoms with Crippen LogP contribution in [0.1, 0.15) is 58.8 Å². The molecule has 1 aromatic carbocycles. The lowest BCUT2D eigenvalue weighted by atomic mass is 9.86. The van der Waals surface area contributed by atoms with E-state index in [1.165, 1.54) is 5.56 Å². The van der Waals surface area contributed by atoms with Crippen LogP contribution in [0.4, 0.5) is 0 Å². The van der Waals surface area contributed by atoms with E-state index in [1.54, 1.807) is 0 Å². The molecule has 5 heteroatoms. The summed E-state index contributed by atoms with van der Waals surface area (Å²) in [6.45, 7) is 3.39. The van der Waals surface area contributed by atoms with Crippen molar-refractivity contribution in [1.82, 2.24) is 9.97 Å². The molecule has 0 N–H and O–H groups in total. The van der Waals surface area contributed by atoms with Gasteiger partial charge in [-0.05, 0) is 49.1 Å². The van der Waals surface area contributed by atoms with Crippen LogP contribution in [0.3, 0.4) is 0 Å². The third kappa shape index (κ3) is 4.39. The lowest BCUT2D eigenvalue weighted by molar-refractivity contribution is -0.119. The van der Waals surface area contributed by atoms with Crippen LogP contribution in [0.25, 0.3) is 0 Å². The highest BCUT2D eigenvalue weighted by molar-refractivity contribution is 6.15. The van der Waals surface area contributed by atoms with Gasteiger partial charge in [-0.1, -0.05) is 30.3 Å². The molecule has 5 rings (SSSR count). The van der Waals surface area contributed by atoms with Crippen LogP contribution in [-0.4, -0.2) is 34.2 Å². The number of aromatic nitrogens is 2. The van der Waals surface area contributed by atoms with Crippen molar-refractivity contribution in [2.45, 2.75) is 51.2 Å². The predicted molar refractivity (Wildman–Crippen MR) is 124 cm³/mol. The maximum atomic E-state index is 13.0. The zero-order chi connectivity index (χ0) is 21.9. The number of carbonyl (C=O) groups is 1. The second kappa shape index (κ2) is 9.13. The molecule has 2 aliphatic rings. The largest absolute Gasteiger partial charge is 0.378 e. The Morgan fingerprint density at radius 2 is 2.03 bits per heavy atom. The van der Waals surface area contributed by atoms with Crippen LogP contribution >= 0.6 is 0 Å². The maximum Gasteiger partial charge on any atom is 0.139 e. The molecule has 162 valence electrons. The van der Waals surface area contributed by atoms with E-state index in [-0.39, 0.29) is 17.8 Å². The number of rotatable bonds is 7. The third-order valence-electron chi connectivity index (χ3n) is 6.35. The van der Waals surface area contributed by atoms with Crippen molar-refractivity contribution in [2.24, 2.45) is 4.99 Å². The first kappa shape index (κ1) is 20.7. The summed E-state index contributed by atoms with van der Waals surface area (Å²) in [5.41, 5.74) is 7.16. The molecule has 0 saturated carbocycles. The van der Waals surface area contributed by atoms with Gasteiger partial charge >= 0.3 is 0 Å². The van der Waals surface area contributed by atoms with E-state index in [1.807, 2.05) is 55.7 Å². The van der Waals surface area contributed by atoms with Gasteiger partial charge in [-0.3, -0.25) is 19.8 Å². The SMILES string of the molecule is Cc1cc(C2=NCc3cc(CC(=O)CC(c4ccccc4)C4CCCO4)ncc32)ccn1. The van der Waals surface area contributed by atoms with E-state index in [9.17, 15) is 4.79 Å². The average molecular weight is 426 g/mol. The summed E-state index contributed by atoms with van der Waals surface area (Å²) < 4.78 is 5.96. The molecular formula is C27H27N3O2. The highest BCUT2D eigenvalue weighted by atomic mass is 16.5. The number of pyridine rings is 2. The number of ether oxygens (including phenoxy) is 1. The Labute approximate surface area is 188 Å². The number of Topliss-reactive ketones (excluding diaryl/α,β-unsaturated/α-hetero) is 1. The number of hydrogen-bond donors (Lipinski definition) is 0. The Bertz CT molecular complexity index is 1150. The van der Waals surface area contributed by atoms with Crippen molar-refractivity contribution in [1.29, 1.82) is 0 Å². The van der Waals surface area contributed by atoms with Crippen LogP contribution in [0, 0.1) is 6.92 Å². The molecule has 3 aromatic rings. The van der Waals surface area contributed by atoms with Crippen LogP contribution in [0.5, 0.6) is 0 Å². The summed E-state index contributed by atoms with van der Waals surface area (Å²) in [7, 11) is 0. The zero-order valence-corrected chi connectivity index (χ0v) is 18.3. The van der Waals surface area contributed by atoms with Gasteiger partial charge in [-0.15, -0.1) is 0 Å². The number of nitrogens with zero attached hydrogens (tertiary/aromatic N) is 3. The molecular weight excluding hydrogens is 398 g/mol. The van der Waals surface area contributed by atoms with E-state index in [0.717, 1.165) is 53.2 Å². The van der Waals surface area contributed by atoms with Crippen molar-refractivity contribution in [3.63, 3.8) is 0 Å².